The predicted octanol–water partition coefficient (Wildman–Crippen LogP) is 4.75. The Kier molecular flexibility index (Phi) is 3.53. The highest BCUT2D eigenvalue weighted by molar-refractivity contribution is 5.94. The maximum atomic E-state index is 2.51. The Hall–Kier alpha value is -2.08. The molecule has 122 valence electrons. The lowest BCUT2D eigenvalue weighted by Gasteiger charge is -2.36. The molecule has 0 saturated carbocycles. The van der Waals surface area contributed by atoms with Crippen molar-refractivity contribution in [3.8, 4) is 0 Å². The Morgan fingerprint density at radius 3 is 2.67 bits per heavy atom. The van der Waals surface area contributed by atoms with Crippen LogP contribution in [0, 0.1) is 5.41 Å². The molecule has 1 aromatic carbocycles. The van der Waals surface area contributed by atoms with Gasteiger partial charge in [-0.25, -0.2) is 0 Å². The Morgan fingerprint density at radius 1 is 1.17 bits per heavy atom. The van der Waals surface area contributed by atoms with Crippen LogP contribution < -0.4 is 10.4 Å². The molecule has 0 N–H and O–H groups in total. The number of aryl methyl sites for hydroxylation is 1. The standard InChI is InChI=1S/C24H26/c1-5-17-11-12-20-19(13-17)14-21-22(20)16(3)15-24(4,6-2)23(21)18-9-7-8-10-18/h7-9,11-15H,5-6,10H2,1-4H3. The van der Waals surface area contributed by atoms with Crippen LogP contribution in [0.25, 0.3) is 11.6 Å². The molecule has 0 aromatic heterocycles. The van der Waals surface area contributed by atoms with Crippen LogP contribution in [0.4, 0.5) is 0 Å². The lowest BCUT2D eigenvalue weighted by atomic mass is 9.67. The minimum atomic E-state index is 0.132. The van der Waals surface area contributed by atoms with Gasteiger partial charge in [0.15, 0.2) is 0 Å². The molecule has 0 spiro atoms. The van der Waals surface area contributed by atoms with Gasteiger partial charge in [0.05, 0.1) is 0 Å². The molecule has 0 heteroatoms. The molecule has 1 unspecified atom stereocenters. The molecule has 3 aliphatic rings. The van der Waals surface area contributed by atoms with Gasteiger partial charge in [0.2, 0.25) is 0 Å². The highest BCUT2D eigenvalue weighted by atomic mass is 14.4. The second-order valence-electron chi connectivity index (χ2n) is 7.51. The first-order chi connectivity index (χ1) is 11.6. The highest BCUT2D eigenvalue weighted by Gasteiger charge is 2.35. The van der Waals surface area contributed by atoms with Crippen molar-refractivity contribution in [3.63, 3.8) is 0 Å². The van der Waals surface area contributed by atoms with E-state index in [1.54, 1.807) is 5.57 Å². The van der Waals surface area contributed by atoms with E-state index >= 15 is 0 Å². The summed E-state index contributed by atoms with van der Waals surface area (Å²) in [6.07, 6.45) is 15.1. The molecule has 0 heterocycles. The third-order valence-corrected chi connectivity index (χ3v) is 5.96. The zero-order valence-electron chi connectivity index (χ0n) is 15.2. The van der Waals surface area contributed by atoms with Crippen LogP contribution in [-0.4, -0.2) is 0 Å². The molecule has 0 aliphatic heterocycles. The summed E-state index contributed by atoms with van der Waals surface area (Å²) in [4.78, 5) is 0. The van der Waals surface area contributed by atoms with Gasteiger partial charge in [-0.1, -0.05) is 63.3 Å². The smallest absolute Gasteiger partial charge is 0.0116 e. The van der Waals surface area contributed by atoms with E-state index in [2.05, 4.69) is 76.3 Å². The lowest BCUT2D eigenvalue weighted by Crippen LogP contribution is -2.26. The maximum Gasteiger partial charge on any atom is 0.0116 e. The molecule has 0 saturated heterocycles. The minimum Gasteiger partial charge on any atom is -0.0801 e. The zero-order valence-corrected chi connectivity index (χ0v) is 15.2. The largest absolute Gasteiger partial charge is 0.0801 e. The fourth-order valence-electron chi connectivity index (χ4n) is 4.56. The normalized spacial score (nSPS) is 24.6. The molecule has 3 aliphatic carbocycles. The second kappa shape index (κ2) is 5.48. The summed E-state index contributed by atoms with van der Waals surface area (Å²) in [6, 6.07) is 7.00. The molecule has 1 atom stereocenters. The third kappa shape index (κ3) is 2.13. The van der Waals surface area contributed by atoms with E-state index in [-0.39, 0.29) is 5.41 Å². The summed E-state index contributed by atoms with van der Waals surface area (Å²) in [7, 11) is 0. The summed E-state index contributed by atoms with van der Waals surface area (Å²) in [5.74, 6) is 0. The van der Waals surface area contributed by atoms with E-state index in [4.69, 9.17) is 0 Å². The van der Waals surface area contributed by atoms with Gasteiger partial charge < -0.3 is 0 Å². The van der Waals surface area contributed by atoms with Gasteiger partial charge in [0.25, 0.3) is 0 Å². The number of allylic oxidation sites excluding steroid dienone is 8. The first-order valence-electron chi connectivity index (χ1n) is 9.23. The Bertz CT molecular complexity index is 960. The number of hydrogen-bond acceptors (Lipinski definition) is 0. The fraction of sp³-hybridized carbons (Fsp3) is 0.333. The monoisotopic (exact) mass is 314 g/mol. The molecule has 4 rings (SSSR count). The predicted molar refractivity (Wildman–Crippen MR) is 104 cm³/mol. The number of fused-ring (bicyclic) bond motifs is 2. The van der Waals surface area contributed by atoms with Gasteiger partial charge >= 0.3 is 0 Å². The number of benzene rings is 1. The highest BCUT2D eigenvalue weighted by Crippen LogP contribution is 2.49. The van der Waals surface area contributed by atoms with Crippen LogP contribution in [0.5, 0.6) is 0 Å². The van der Waals surface area contributed by atoms with Crippen molar-refractivity contribution in [3.05, 3.63) is 80.8 Å². The Morgan fingerprint density at radius 2 is 2.00 bits per heavy atom. The van der Waals surface area contributed by atoms with Crippen molar-refractivity contribution in [2.24, 2.45) is 5.41 Å². The number of rotatable bonds is 3. The molecule has 0 fully saturated rings. The van der Waals surface area contributed by atoms with Crippen LogP contribution in [-0.2, 0) is 6.42 Å². The maximum absolute atomic E-state index is 2.51. The van der Waals surface area contributed by atoms with Crippen molar-refractivity contribution in [2.45, 2.75) is 47.0 Å². The Balaban J connectivity index is 2.06. The van der Waals surface area contributed by atoms with Crippen LogP contribution in [0.3, 0.4) is 0 Å². The van der Waals surface area contributed by atoms with E-state index in [0.717, 1.165) is 19.3 Å². The van der Waals surface area contributed by atoms with Gasteiger partial charge in [0.1, 0.15) is 0 Å². The average molecular weight is 314 g/mol. The van der Waals surface area contributed by atoms with Gasteiger partial charge in [-0.05, 0) is 76.1 Å². The molecular formula is C24H26. The van der Waals surface area contributed by atoms with E-state index < -0.39 is 0 Å². The fourth-order valence-corrected chi connectivity index (χ4v) is 4.56. The first-order valence-corrected chi connectivity index (χ1v) is 9.23. The van der Waals surface area contributed by atoms with Gasteiger partial charge in [-0.2, -0.15) is 0 Å². The Labute approximate surface area is 145 Å². The molecule has 0 bridgehead atoms. The average Bonchev–Trinajstić information content (AvgIpc) is 3.21. The third-order valence-electron chi connectivity index (χ3n) is 5.96. The summed E-state index contributed by atoms with van der Waals surface area (Å²) >= 11 is 0. The molecular weight excluding hydrogens is 288 g/mol. The van der Waals surface area contributed by atoms with Crippen molar-refractivity contribution in [2.75, 3.05) is 0 Å². The molecule has 1 aromatic rings. The van der Waals surface area contributed by atoms with E-state index in [1.165, 1.54) is 38.3 Å². The van der Waals surface area contributed by atoms with E-state index in [0.29, 0.717) is 0 Å². The van der Waals surface area contributed by atoms with Crippen LogP contribution in [0.1, 0.15) is 46.1 Å². The van der Waals surface area contributed by atoms with E-state index in [9.17, 15) is 0 Å². The van der Waals surface area contributed by atoms with Crippen LogP contribution in [0.15, 0.2) is 64.8 Å². The van der Waals surface area contributed by atoms with Crippen molar-refractivity contribution >= 4 is 11.6 Å². The van der Waals surface area contributed by atoms with Gasteiger partial charge in [-0.3, -0.25) is 0 Å². The summed E-state index contributed by atoms with van der Waals surface area (Å²) < 4.78 is 0. The topological polar surface area (TPSA) is 0 Å². The van der Waals surface area contributed by atoms with Crippen LogP contribution in [0.2, 0.25) is 0 Å². The zero-order chi connectivity index (χ0) is 16.9. The van der Waals surface area contributed by atoms with Crippen molar-refractivity contribution in [1.29, 1.82) is 0 Å². The second-order valence-corrected chi connectivity index (χ2v) is 7.51. The lowest BCUT2D eigenvalue weighted by molar-refractivity contribution is 0.492. The van der Waals surface area contributed by atoms with Gasteiger partial charge in [-0.15, -0.1) is 0 Å². The molecule has 0 radical (unpaired) electrons. The number of hydrogen-bond donors (Lipinski definition) is 0. The van der Waals surface area contributed by atoms with Gasteiger partial charge in [0, 0.05) is 5.41 Å². The summed E-state index contributed by atoms with van der Waals surface area (Å²) in [5, 5.41) is 2.81. The first kappa shape index (κ1) is 15.4. The van der Waals surface area contributed by atoms with Crippen LogP contribution >= 0.6 is 0 Å². The molecule has 24 heavy (non-hydrogen) atoms. The molecule has 0 amide bonds. The summed E-state index contributed by atoms with van der Waals surface area (Å²) in [5.41, 5.74) is 8.96. The summed E-state index contributed by atoms with van der Waals surface area (Å²) in [6.45, 7) is 9.24. The quantitative estimate of drug-likeness (QED) is 0.755. The molecule has 0 nitrogen and oxygen atoms in total. The van der Waals surface area contributed by atoms with Crippen molar-refractivity contribution in [1.82, 2.24) is 0 Å². The van der Waals surface area contributed by atoms with E-state index in [1.807, 2.05) is 0 Å². The minimum absolute atomic E-state index is 0.132. The van der Waals surface area contributed by atoms with Crippen molar-refractivity contribution < 1.29 is 0 Å². The SMILES string of the molecule is CCc1ccc2c(c1)=CC1=C(C3=CC=CC3)C(C)(CC)C=C(C)C=21.